The van der Waals surface area contributed by atoms with Crippen LogP contribution in [-0.4, -0.2) is 43.4 Å². The Hall–Kier alpha value is -3.66. The zero-order valence-electron chi connectivity index (χ0n) is 20.3. The van der Waals surface area contributed by atoms with E-state index in [1.807, 2.05) is 0 Å². The van der Waals surface area contributed by atoms with E-state index in [1.165, 1.54) is 0 Å². The summed E-state index contributed by atoms with van der Waals surface area (Å²) in [7, 11) is -4.12. The number of hydrazone groups is 1. The molecule has 0 aliphatic carbocycles. The Bertz CT molecular complexity index is 1620. The zero-order valence-corrected chi connectivity index (χ0v) is 21.1. The van der Waals surface area contributed by atoms with Gasteiger partial charge in [0.2, 0.25) is 0 Å². The number of alkyl halides is 6. The van der Waals surface area contributed by atoms with E-state index in [0.717, 1.165) is 30.3 Å². The van der Waals surface area contributed by atoms with Gasteiger partial charge in [0.1, 0.15) is 22.3 Å². The Balaban J connectivity index is 1.80. The van der Waals surface area contributed by atoms with Gasteiger partial charge in [0, 0.05) is 24.3 Å². The molecule has 41 heavy (non-hydrogen) atoms. The lowest BCUT2D eigenvalue weighted by atomic mass is 9.89. The highest BCUT2D eigenvalue weighted by atomic mass is 32.2. The molecule has 4 rings (SSSR count). The number of hydrogen-bond acceptors (Lipinski definition) is 5. The van der Waals surface area contributed by atoms with Crippen molar-refractivity contribution < 1.29 is 57.4 Å². The molecule has 1 aliphatic heterocycles. The lowest BCUT2D eigenvalue weighted by Crippen LogP contribution is -2.62. The highest BCUT2D eigenvalue weighted by molar-refractivity contribution is 7.90. The van der Waals surface area contributed by atoms with E-state index in [-0.39, 0.29) is 11.1 Å². The maximum absolute atomic E-state index is 14.6. The van der Waals surface area contributed by atoms with Gasteiger partial charge in [-0.05, 0) is 35.4 Å². The first-order chi connectivity index (χ1) is 18.8. The summed E-state index contributed by atoms with van der Waals surface area (Å²) in [5.74, 6) is -4.92. The maximum Gasteiger partial charge on any atom is 0.431 e. The van der Waals surface area contributed by atoms with Gasteiger partial charge in [-0.15, -0.1) is 0 Å². The molecule has 1 N–H and O–H groups in total. The first kappa shape index (κ1) is 30.3. The number of benzene rings is 3. The summed E-state index contributed by atoms with van der Waals surface area (Å²) in [6.45, 7) is 0. The van der Waals surface area contributed by atoms with Crippen LogP contribution < -0.4 is 5.01 Å². The fourth-order valence-corrected chi connectivity index (χ4v) is 5.02. The van der Waals surface area contributed by atoms with Crippen LogP contribution in [0.3, 0.4) is 0 Å². The predicted octanol–water partition coefficient (Wildman–Crippen LogP) is 6.48. The molecule has 3 aromatic carbocycles. The van der Waals surface area contributed by atoms with Crippen molar-refractivity contribution in [2.75, 3.05) is 11.3 Å². The Morgan fingerprint density at radius 1 is 0.829 bits per heavy atom. The molecule has 1 aliphatic rings. The van der Waals surface area contributed by atoms with Crippen molar-refractivity contribution in [2.24, 2.45) is 5.10 Å². The molecule has 5 nitrogen and oxygen atoms in total. The summed E-state index contributed by atoms with van der Waals surface area (Å²) in [5, 5.41) is 13.6. The van der Waals surface area contributed by atoms with Gasteiger partial charge in [0.05, 0.1) is 17.4 Å². The molecule has 0 fully saturated rings. The van der Waals surface area contributed by atoms with Gasteiger partial charge in [0.25, 0.3) is 5.60 Å². The second kappa shape index (κ2) is 10.0. The minimum atomic E-state index is -6.28. The van der Waals surface area contributed by atoms with Crippen molar-refractivity contribution >= 4 is 21.2 Å². The van der Waals surface area contributed by atoms with Gasteiger partial charge in [-0.2, -0.15) is 31.4 Å². The Morgan fingerprint density at radius 2 is 1.41 bits per heavy atom. The van der Waals surface area contributed by atoms with Crippen LogP contribution in [0, 0.1) is 23.3 Å². The van der Waals surface area contributed by atoms with Crippen LogP contribution in [0.2, 0.25) is 0 Å². The molecule has 16 heteroatoms. The van der Waals surface area contributed by atoms with Crippen LogP contribution in [0.5, 0.6) is 0 Å². The second-order valence-corrected chi connectivity index (χ2v) is 11.1. The Morgan fingerprint density at radius 3 is 1.93 bits per heavy atom. The highest BCUT2D eigenvalue weighted by Gasteiger charge is 2.74. The molecule has 1 heterocycles. The summed E-state index contributed by atoms with van der Waals surface area (Å²) < 4.78 is 162. The van der Waals surface area contributed by atoms with Gasteiger partial charge >= 0.3 is 12.4 Å². The van der Waals surface area contributed by atoms with Crippen LogP contribution in [0.1, 0.15) is 18.0 Å². The average molecular weight is 614 g/mol. The third-order valence-corrected chi connectivity index (χ3v) is 7.44. The second-order valence-electron chi connectivity index (χ2n) is 9.07. The minimum absolute atomic E-state index is 0.0639. The largest absolute Gasteiger partial charge is 0.431 e. The molecule has 220 valence electrons. The van der Waals surface area contributed by atoms with E-state index in [0.29, 0.717) is 35.5 Å². The molecule has 0 aromatic heterocycles. The molecular formula is C25H16F10N2O3S. The van der Waals surface area contributed by atoms with E-state index >= 15 is 0 Å². The fraction of sp³-hybridized carbons (Fsp3) is 0.240. The number of halogens is 10. The van der Waals surface area contributed by atoms with Crippen LogP contribution in [0.25, 0.3) is 11.1 Å². The van der Waals surface area contributed by atoms with Crippen molar-refractivity contribution in [3.05, 3.63) is 83.4 Å². The third-order valence-electron chi connectivity index (χ3n) is 6.33. The summed E-state index contributed by atoms with van der Waals surface area (Å²) in [4.78, 5) is -0.912. The van der Waals surface area contributed by atoms with Gasteiger partial charge in [0.15, 0.2) is 15.7 Å². The highest BCUT2D eigenvalue weighted by Crippen LogP contribution is 2.49. The minimum Gasteiger partial charge on any atom is -0.369 e. The summed E-state index contributed by atoms with van der Waals surface area (Å²) >= 11 is 0. The number of hydrogen-bond donors (Lipinski definition) is 1. The van der Waals surface area contributed by atoms with Crippen LogP contribution in [0.4, 0.5) is 49.6 Å². The average Bonchev–Trinajstić information content (AvgIpc) is 3.28. The van der Waals surface area contributed by atoms with Crippen LogP contribution in [0.15, 0.2) is 64.6 Å². The molecule has 0 bridgehead atoms. The Labute approximate surface area is 225 Å². The van der Waals surface area contributed by atoms with Gasteiger partial charge in [-0.1, -0.05) is 24.3 Å². The van der Waals surface area contributed by atoms with Crippen molar-refractivity contribution in [3.8, 4) is 11.1 Å². The van der Waals surface area contributed by atoms with Crippen molar-refractivity contribution in [1.82, 2.24) is 0 Å². The number of rotatable bonds is 5. The monoisotopic (exact) mass is 614 g/mol. The van der Waals surface area contributed by atoms with Crippen LogP contribution >= 0.6 is 0 Å². The van der Waals surface area contributed by atoms with Gasteiger partial charge < -0.3 is 5.11 Å². The molecule has 0 saturated carbocycles. The Kier molecular flexibility index (Phi) is 7.40. The first-order valence-corrected chi connectivity index (χ1v) is 13.1. The lowest BCUT2D eigenvalue weighted by Gasteiger charge is -2.32. The molecule has 0 amide bonds. The molecule has 0 radical (unpaired) electrons. The summed E-state index contributed by atoms with van der Waals surface area (Å²) in [5.41, 5.74) is -8.53. The SMILES string of the molecule is CS(=O)(=O)c1cc(F)c(-c2ccc(C3CC(C(O)(C(F)(F)F)C(F)(F)F)=NN3c3ccc(F)cc3F)cc2)cc1F. The molecule has 0 saturated heterocycles. The maximum atomic E-state index is 14.6. The summed E-state index contributed by atoms with van der Waals surface area (Å²) in [6.07, 6.45) is -13.1. The van der Waals surface area contributed by atoms with Gasteiger partial charge in [-0.25, -0.2) is 26.0 Å². The molecule has 3 aromatic rings. The molecule has 0 spiro atoms. The molecule has 1 unspecified atom stereocenters. The first-order valence-electron chi connectivity index (χ1n) is 11.2. The quantitative estimate of drug-likeness (QED) is 0.335. The summed E-state index contributed by atoms with van der Waals surface area (Å²) in [6, 6.07) is 5.54. The predicted molar refractivity (Wildman–Crippen MR) is 126 cm³/mol. The van der Waals surface area contributed by atoms with E-state index in [1.54, 1.807) is 0 Å². The van der Waals surface area contributed by atoms with E-state index in [9.17, 15) is 57.4 Å². The standard InChI is InChI=1S/C25H16F10N2O3S/c1-41(39,40)21-10-16(27)15(9-18(21)29)12-2-4-13(5-3-12)20-11-22(23(38,24(30,31)32)25(33,34)35)36-37(20)19-7-6-14(26)8-17(19)28/h2-10,20,38H,11H2,1H3. The smallest absolute Gasteiger partial charge is 0.369 e. The van der Waals surface area contributed by atoms with Crippen molar-refractivity contribution in [1.29, 1.82) is 0 Å². The molecular weight excluding hydrogens is 598 g/mol. The van der Waals surface area contributed by atoms with E-state index in [4.69, 9.17) is 0 Å². The zero-order chi connectivity index (χ0) is 30.7. The van der Waals surface area contributed by atoms with E-state index < -0.39 is 85.4 Å². The normalized spacial score (nSPS) is 16.7. The van der Waals surface area contributed by atoms with Crippen molar-refractivity contribution in [2.45, 2.75) is 35.3 Å². The number of sulfone groups is 1. The number of nitrogens with zero attached hydrogens (tertiary/aromatic N) is 2. The number of anilines is 1. The molecule has 1 atom stereocenters. The topological polar surface area (TPSA) is 70.0 Å². The third kappa shape index (κ3) is 5.37. The lowest BCUT2D eigenvalue weighted by molar-refractivity contribution is -0.338. The fourth-order valence-electron chi connectivity index (χ4n) is 4.28. The van der Waals surface area contributed by atoms with E-state index in [2.05, 4.69) is 5.10 Å². The van der Waals surface area contributed by atoms with Crippen LogP contribution in [-0.2, 0) is 9.84 Å². The van der Waals surface area contributed by atoms with Crippen molar-refractivity contribution in [3.63, 3.8) is 0 Å². The number of aliphatic hydroxyl groups is 1. The van der Waals surface area contributed by atoms with Gasteiger partial charge in [-0.3, -0.25) is 5.01 Å².